The first-order valence-corrected chi connectivity index (χ1v) is 10.2. The predicted molar refractivity (Wildman–Crippen MR) is 105 cm³/mol. The number of ether oxygens (including phenoxy) is 2. The van der Waals surface area contributed by atoms with Gasteiger partial charge in [-0.1, -0.05) is 19.9 Å². The second-order valence-electron chi connectivity index (χ2n) is 7.57. The van der Waals surface area contributed by atoms with Crippen LogP contribution in [0.2, 0.25) is 0 Å². The molecule has 2 bridgehead atoms. The van der Waals surface area contributed by atoms with E-state index in [1.807, 2.05) is 13.8 Å². The Hall–Kier alpha value is -0.620. The number of carbonyl (C=O) groups is 2. The van der Waals surface area contributed by atoms with E-state index in [0.717, 1.165) is 37.7 Å². The van der Waals surface area contributed by atoms with Crippen molar-refractivity contribution in [2.45, 2.75) is 69.3 Å². The predicted octanol–water partition coefficient (Wildman–Crippen LogP) is 4.00. The zero-order chi connectivity index (χ0) is 18.4. The minimum absolute atomic E-state index is 0.121. The minimum atomic E-state index is -0.181. The van der Waals surface area contributed by atoms with Crippen LogP contribution in [0.25, 0.3) is 0 Å². The van der Waals surface area contributed by atoms with Gasteiger partial charge >= 0.3 is 11.9 Å². The largest absolute Gasteiger partial charge is 0.465 e. The number of hydrogen-bond donors (Lipinski definition) is 2. The number of esters is 2. The number of hydrogen-bond acceptors (Lipinski definition) is 6. The molecule has 0 radical (unpaired) electrons. The Morgan fingerprint density at radius 2 is 1.76 bits per heavy atom. The van der Waals surface area contributed by atoms with E-state index in [9.17, 15) is 9.59 Å². The highest BCUT2D eigenvalue weighted by molar-refractivity contribution is 7.81. The summed E-state index contributed by atoms with van der Waals surface area (Å²) in [5.74, 6) is 0.187. The molecule has 2 aliphatic carbocycles. The zero-order valence-corrected chi connectivity index (χ0v) is 17.0. The van der Waals surface area contributed by atoms with Gasteiger partial charge in [-0.25, -0.2) is 0 Å². The van der Waals surface area contributed by atoms with Crippen molar-refractivity contribution in [2.24, 2.45) is 11.3 Å². The van der Waals surface area contributed by atoms with Crippen LogP contribution >= 0.6 is 25.3 Å². The summed E-state index contributed by atoms with van der Waals surface area (Å²) in [5, 5.41) is 0.392. The molecule has 0 spiro atoms. The molecule has 25 heavy (non-hydrogen) atoms. The molecule has 2 aliphatic rings. The molecule has 6 heteroatoms. The number of allylic oxidation sites excluding steroid dienone is 1. The lowest BCUT2D eigenvalue weighted by atomic mass is 9.81. The minimum Gasteiger partial charge on any atom is -0.465 e. The summed E-state index contributed by atoms with van der Waals surface area (Å²) in [6, 6.07) is 0. The maximum Gasteiger partial charge on any atom is 0.306 e. The summed E-state index contributed by atoms with van der Waals surface area (Å²) in [4.78, 5) is 23.8. The normalized spacial score (nSPS) is 26.9. The van der Waals surface area contributed by atoms with Gasteiger partial charge in [-0.3, -0.25) is 9.59 Å². The summed E-state index contributed by atoms with van der Waals surface area (Å²) in [7, 11) is 0. The standard InChI is InChI=1S/C19H30O4S2/c1-13(24)3-5-17(20)22-11-16-9-15-7-8-19(16,10-15)12-23-18(21)6-4-14(2)25/h9,13-15,24-25H,3-8,10-12H2,1-2H3. The second kappa shape index (κ2) is 9.36. The van der Waals surface area contributed by atoms with E-state index in [2.05, 4.69) is 31.3 Å². The fourth-order valence-corrected chi connectivity index (χ4v) is 3.92. The highest BCUT2D eigenvalue weighted by Crippen LogP contribution is 2.54. The van der Waals surface area contributed by atoms with Crippen molar-refractivity contribution < 1.29 is 19.1 Å². The maximum atomic E-state index is 11.9. The molecule has 1 saturated carbocycles. The zero-order valence-electron chi connectivity index (χ0n) is 15.2. The molecular formula is C19H30O4S2. The van der Waals surface area contributed by atoms with Gasteiger partial charge in [-0.15, -0.1) is 0 Å². The van der Waals surface area contributed by atoms with Crippen LogP contribution in [0.3, 0.4) is 0 Å². The lowest BCUT2D eigenvalue weighted by Crippen LogP contribution is -2.29. The van der Waals surface area contributed by atoms with Crippen molar-refractivity contribution in [1.82, 2.24) is 0 Å². The van der Waals surface area contributed by atoms with Gasteiger partial charge in [0, 0.05) is 18.3 Å². The summed E-state index contributed by atoms with van der Waals surface area (Å²) < 4.78 is 11.0. The van der Waals surface area contributed by atoms with E-state index in [4.69, 9.17) is 9.47 Å². The molecule has 142 valence electrons. The topological polar surface area (TPSA) is 52.6 Å². The lowest BCUT2D eigenvalue weighted by Gasteiger charge is -2.29. The first-order valence-electron chi connectivity index (χ1n) is 9.19. The van der Waals surface area contributed by atoms with Gasteiger partial charge in [0.2, 0.25) is 0 Å². The average Bonchev–Trinajstić information content (AvgIpc) is 3.12. The SMILES string of the molecule is CC(S)CCC(=O)OCC1=CC2CCC1(COC(=O)CCC(C)S)C2. The highest BCUT2D eigenvalue weighted by Gasteiger charge is 2.47. The molecule has 0 N–H and O–H groups in total. The second-order valence-corrected chi connectivity index (χ2v) is 9.33. The fourth-order valence-electron chi connectivity index (χ4n) is 3.66. The van der Waals surface area contributed by atoms with Gasteiger partial charge in [-0.05, 0) is 54.1 Å². The van der Waals surface area contributed by atoms with E-state index >= 15 is 0 Å². The molecule has 4 unspecified atom stereocenters. The molecule has 2 rings (SSSR count). The van der Waals surface area contributed by atoms with Crippen molar-refractivity contribution in [3.63, 3.8) is 0 Å². The average molecular weight is 387 g/mol. The molecule has 1 fully saturated rings. The number of fused-ring (bicyclic) bond motifs is 2. The Morgan fingerprint density at radius 1 is 1.16 bits per heavy atom. The third kappa shape index (κ3) is 6.24. The molecule has 4 atom stereocenters. The van der Waals surface area contributed by atoms with Crippen molar-refractivity contribution in [3.05, 3.63) is 11.6 Å². The van der Waals surface area contributed by atoms with Gasteiger partial charge in [0.05, 0.1) is 0 Å². The van der Waals surface area contributed by atoms with Crippen LogP contribution in [0.1, 0.15) is 58.8 Å². The molecule has 0 aliphatic heterocycles. The van der Waals surface area contributed by atoms with Crippen molar-refractivity contribution in [1.29, 1.82) is 0 Å². The Balaban J connectivity index is 1.81. The van der Waals surface area contributed by atoms with E-state index in [1.165, 1.54) is 0 Å². The van der Waals surface area contributed by atoms with Crippen LogP contribution < -0.4 is 0 Å². The molecule has 0 aromatic rings. The van der Waals surface area contributed by atoms with Crippen LogP contribution in [0, 0.1) is 11.3 Å². The first-order chi connectivity index (χ1) is 11.8. The fraction of sp³-hybridized carbons (Fsp3) is 0.789. The van der Waals surface area contributed by atoms with Gasteiger partial charge < -0.3 is 9.47 Å². The molecule has 0 saturated heterocycles. The highest BCUT2D eigenvalue weighted by atomic mass is 32.1. The number of thiol groups is 2. The number of carbonyl (C=O) groups excluding carboxylic acids is 2. The summed E-state index contributed by atoms with van der Waals surface area (Å²) in [6.45, 7) is 4.66. The molecule has 0 aromatic carbocycles. The van der Waals surface area contributed by atoms with Gasteiger partial charge in [0.15, 0.2) is 0 Å². The quantitative estimate of drug-likeness (QED) is 0.339. The van der Waals surface area contributed by atoms with Crippen molar-refractivity contribution in [2.75, 3.05) is 13.2 Å². The lowest BCUT2D eigenvalue weighted by molar-refractivity contribution is -0.148. The van der Waals surface area contributed by atoms with Crippen LogP contribution in [0.15, 0.2) is 11.6 Å². The van der Waals surface area contributed by atoms with Gasteiger partial charge in [0.1, 0.15) is 13.2 Å². The number of rotatable bonds is 10. The van der Waals surface area contributed by atoms with Crippen LogP contribution in [-0.2, 0) is 19.1 Å². The molecule has 0 amide bonds. The Bertz CT molecular complexity index is 516. The Morgan fingerprint density at radius 3 is 2.32 bits per heavy atom. The molecule has 4 nitrogen and oxygen atoms in total. The molecular weight excluding hydrogens is 356 g/mol. The van der Waals surface area contributed by atoms with E-state index in [-0.39, 0.29) is 27.9 Å². The van der Waals surface area contributed by atoms with Crippen LogP contribution in [0.5, 0.6) is 0 Å². The third-order valence-electron chi connectivity index (χ3n) is 5.20. The van der Waals surface area contributed by atoms with E-state index < -0.39 is 0 Å². The Kier molecular flexibility index (Phi) is 7.74. The summed E-state index contributed by atoms with van der Waals surface area (Å²) in [6.07, 6.45) is 7.60. The van der Waals surface area contributed by atoms with Crippen molar-refractivity contribution >= 4 is 37.2 Å². The molecule has 0 aromatic heterocycles. The third-order valence-corrected chi connectivity index (χ3v) is 5.71. The van der Waals surface area contributed by atoms with Gasteiger partial charge in [-0.2, -0.15) is 25.3 Å². The maximum absolute atomic E-state index is 11.9. The van der Waals surface area contributed by atoms with Crippen LogP contribution in [-0.4, -0.2) is 35.7 Å². The Labute approximate surface area is 161 Å². The smallest absolute Gasteiger partial charge is 0.306 e. The monoisotopic (exact) mass is 386 g/mol. The summed E-state index contributed by atoms with van der Waals surface area (Å²) >= 11 is 8.57. The first kappa shape index (κ1) is 20.7. The molecule has 0 heterocycles. The van der Waals surface area contributed by atoms with Crippen LogP contribution in [0.4, 0.5) is 0 Å². The van der Waals surface area contributed by atoms with Gasteiger partial charge in [0.25, 0.3) is 0 Å². The van der Waals surface area contributed by atoms with E-state index in [1.54, 1.807) is 0 Å². The van der Waals surface area contributed by atoms with Crippen molar-refractivity contribution in [3.8, 4) is 0 Å². The van der Waals surface area contributed by atoms with E-state index in [0.29, 0.717) is 32.0 Å². The summed E-state index contributed by atoms with van der Waals surface area (Å²) in [5.41, 5.74) is 1.01.